The van der Waals surface area contributed by atoms with E-state index in [1.807, 2.05) is 36.4 Å². The van der Waals surface area contributed by atoms with E-state index in [-0.39, 0.29) is 0 Å². The van der Waals surface area contributed by atoms with E-state index in [0.717, 1.165) is 44.6 Å². The zero-order valence-electron chi connectivity index (χ0n) is 16.7. The second-order valence-electron chi connectivity index (χ2n) is 7.77. The summed E-state index contributed by atoms with van der Waals surface area (Å²) in [6.07, 6.45) is 3.68. The lowest BCUT2D eigenvalue weighted by Crippen LogP contribution is -2.55. The molecule has 4 rings (SSSR count). The van der Waals surface area contributed by atoms with Gasteiger partial charge < -0.3 is 4.90 Å². The van der Waals surface area contributed by atoms with Crippen molar-refractivity contribution in [3.8, 4) is 0 Å². The SMILES string of the molecule is O=S(=O)(/C=C/c1ccccc1)N1CCC[C@@H](N2CCN(c3ccccc3)CC2)C1. The molecule has 2 aliphatic rings. The second-order valence-corrected chi connectivity index (χ2v) is 9.59. The highest BCUT2D eigenvalue weighted by Crippen LogP contribution is 2.23. The molecule has 0 bridgehead atoms. The van der Waals surface area contributed by atoms with Crippen LogP contribution in [0.1, 0.15) is 18.4 Å². The molecule has 1 atom stereocenters. The molecule has 0 aromatic heterocycles. The summed E-state index contributed by atoms with van der Waals surface area (Å²) in [4.78, 5) is 4.89. The summed E-state index contributed by atoms with van der Waals surface area (Å²) in [6, 6.07) is 20.4. The Morgan fingerprint density at radius 1 is 0.828 bits per heavy atom. The maximum absolute atomic E-state index is 12.8. The predicted molar refractivity (Wildman–Crippen MR) is 119 cm³/mol. The molecule has 0 amide bonds. The molecule has 0 saturated carbocycles. The first-order chi connectivity index (χ1) is 14.1. The molecule has 0 spiro atoms. The summed E-state index contributed by atoms with van der Waals surface area (Å²) in [5.41, 5.74) is 2.17. The number of hydrogen-bond donors (Lipinski definition) is 0. The Bertz CT molecular complexity index is 908. The lowest BCUT2D eigenvalue weighted by molar-refractivity contribution is 0.129. The van der Waals surface area contributed by atoms with E-state index in [1.165, 1.54) is 11.1 Å². The van der Waals surface area contributed by atoms with Crippen molar-refractivity contribution in [3.05, 3.63) is 71.6 Å². The first-order valence-electron chi connectivity index (χ1n) is 10.4. The standard InChI is InChI=1S/C23H29N3O2S/c27-29(28,19-13-21-8-3-1-4-9-21)26-14-7-12-23(20-26)25-17-15-24(16-18-25)22-10-5-2-6-11-22/h1-6,8-11,13,19,23H,7,12,14-18,20H2/b19-13+/t23-/m1/s1. The van der Waals surface area contributed by atoms with Crippen LogP contribution in [0.15, 0.2) is 66.1 Å². The van der Waals surface area contributed by atoms with Crippen LogP contribution in [-0.2, 0) is 10.0 Å². The number of hydrogen-bond acceptors (Lipinski definition) is 4. The van der Waals surface area contributed by atoms with Gasteiger partial charge in [0.25, 0.3) is 0 Å². The van der Waals surface area contributed by atoms with E-state index >= 15 is 0 Å². The summed E-state index contributed by atoms with van der Waals surface area (Å²) in [6.45, 7) is 5.14. The third kappa shape index (κ3) is 5.07. The average Bonchev–Trinajstić information content (AvgIpc) is 2.79. The van der Waals surface area contributed by atoms with Gasteiger partial charge in [-0.2, -0.15) is 4.31 Å². The van der Waals surface area contributed by atoms with E-state index in [0.29, 0.717) is 19.1 Å². The highest BCUT2D eigenvalue weighted by Gasteiger charge is 2.32. The zero-order chi connectivity index (χ0) is 20.1. The van der Waals surface area contributed by atoms with E-state index in [2.05, 4.69) is 34.1 Å². The summed E-state index contributed by atoms with van der Waals surface area (Å²) in [5, 5.41) is 1.36. The molecule has 2 aliphatic heterocycles. The van der Waals surface area contributed by atoms with Gasteiger partial charge in [0.1, 0.15) is 0 Å². The van der Waals surface area contributed by atoms with Gasteiger partial charge in [0.2, 0.25) is 10.0 Å². The fourth-order valence-corrected chi connectivity index (χ4v) is 5.51. The Kier molecular flexibility index (Phi) is 6.33. The van der Waals surface area contributed by atoms with E-state index in [9.17, 15) is 8.42 Å². The first kappa shape index (κ1) is 20.1. The lowest BCUT2D eigenvalue weighted by atomic mass is 10.0. The van der Waals surface area contributed by atoms with E-state index in [4.69, 9.17) is 0 Å². The normalized spacial score (nSPS) is 22.2. The van der Waals surface area contributed by atoms with Crippen molar-refractivity contribution in [1.82, 2.24) is 9.21 Å². The number of anilines is 1. The Labute approximate surface area is 174 Å². The maximum atomic E-state index is 12.8. The van der Waals surface area contributed by atoms with Crippen LogP contribution in [0.3, 0.4) is 0 Å². The molecule has 0 aliphatic carbocycles. The molecular formula is C23H29N3O2S. The van der Waals surface area contributed by atoms with Crippen molar-refractivity contribution in [2.24, 2.45) is 0 Å². The number of para-hydroxylation sites is 1. The highest BCUT2D eigenvalue weighted by atomic mass is 32.2. The molecule has 29 heavy (non-hydrogen) atoms. The van der Waals surface area contributed by atoms with E-state index in [1.54, 1.807) is 10.4 Å². The Balaban J connectivity index is 1.35. The largest absolute Gasteiger partial charge is 0.369 e. The van der Waals surface area contributed by atoms with Crippen LogP contribution in [0.2, 0.25) is 0 Å². The Morgan fingerprint density at radius 2 is 1.48 bits per heavy atom. The van der Waals surface area contributed by atoms with Crippen molar-refractivity contribution in [2.45, 2.75) is 18.9 Å². The van der Waals surface area contributed by atoms with Crippen LogP contribution in [0, 0.1) is 0 Å². The molecular weight excluding hydrogens is 382 g/mol. The van der Waals surface area contributed by atoms with Gasteiger partial charge >= 0.3 is 0 Å². The van der Waals surface area contributed by atoms with Crippen LogP contribution >= 0.6 is 0 Å². The molecule has 0 radical (unpaired) electrons. The third-order valence-corrected chi connectivity index (χ3v) is 7.43. The quantitative estimate of drug-likeness (QED) is 0.757. The zero-order valence-corrected chi connectivity index (χ0v) is 17.5. The third-order valence-electron chi connectivity index (χ3n) is 5.90. The molecule has 2 heterocycles. The lowest BCUT2D eigenvalue weighted by Gasteiger charge is -2.43. The average molecular weight is 412 g/mol. The summed E-state index contributed by atoms with van der Waals surface area (Å²) in [5.74, 6) is 0. The molecule has 2 fully saturated rings. The number of rotatable bonds is 5. The van der Waals surface area contributed by atoms with Gasteiger partial charge in [-0.15, -0.1) is 0 Å². The molecule has 6 heteroatoms. The summed E-state index contributed by atoms with van der Waals surface area (Å²) >= 11 is 0. The monoisotopic (exact) mass is 411 g/mol. The number of piperidine rings is 1. The smallest absolute Gasteiger partial charge is 0.236 e. The molecule has 0 N–H and O–H groups in total. The van der Waals surface area contributed by atoms with Crippen LogP contribution < -0.4 is 4.90 Å². The van der Waals surface area contributed by atoms with Crippen molar-refractivity contribution >= 4 is 21.8 Å². The van der Waals surface area contributed by atoms with Crippen molar-refractivity contribution in [1.29, 1.82) is 0 Å². The number of nitrogens with zero attached hydrogens (tertiary/aromatic N) is 3. The van der Waals surface area contributed by atoms with Crippen LogP contribution in [0.4, 0.5) is 5.69 Å². The fourth-order valence-electron chi connectivity index (χ4n) is 4.25. The summed E-state index contributed by atoms with van der Waals surface area (Å²) < 4.78 is 27.3. The van der Waals surface area contributed by atoms with Gasteiger partial charge in [0.15, 0.2) is 0 Å². The van der Waals surface area contributed by atoms with Crippen LogP contribution in [0.5, 0.6) is 0 Å². The minimum atomic E-state index is -3.39. The minimum Gasteiger partial charge on any atom is -0.369 e. The highest BCUT2D eigenvalue weighted by molar-refractivity contribution is 7.92. The van der Waals surface area contributed by atoms with Crippen LogP contribution in [-0.4, -0.2) is 62.9 Å². The van der Waals surface area contributed by atoms with Gasteiger partial charge in [-0.1, -0.05) is 48.5 Å². The Morgan fingerprint density at radius 3 is 2.17 bits per heavy atom. The number of piperazine rings is 1. The second kappa shape index (κ2) is 9.11. The van der Waals surface area contributed by atoms with Crippen molar-refractivity contribution in [3.63, 3.8) is 0 Å². The summed E-state index contributed by atoms with van der Waals surface area (Å²) in [7, 11) is -3.39. The predicted octanol–water partition coefficient (Wildman–Crippen LogP) is 3.27. The van der Waals surface area contributed by atoms with Crippen molar-refractivity contribution < 1.29 is 8.42 Å². The van der Waals surface area contributed by atoms with Gasteiger partial charge in [-0.3, -0.25) is 4.90 Å². The van der Waals surface area contributed by atoms with Gasteiger partial charge in [0, 0.05) is 56.4 Å². The molecule has 154 valence electrons. The first-order valence-corrected chi connectivity index (χ1v) is 11.9. The number of benzene rings is 2. The molecule has 5 nitrogen and oxygen atoms in total. The van der Waals surface area contributed by atoms with Crippen molar-refractivity contribution in [2.75, 3.05) is 44.2 Å². The molecule has 2 saturated heterocycles. The molecule has 0 unspecified atom stereocenters. The minimum absolute atomic E-state index is 0.307. The van der Waals surface area contributed by atoms with Crippen LogP contribution in [0.25, 0.3) is 6.08 Å². The van der Waals surface area contributed by atoms with Gasteiger partial charge in [0.05, 0.1) is 0 Å². The fraction of sp³-hybridized carbons (Fsp3) is 0.391. The maximum Gasteiger partial charge on any atom is 0.236 e. The topological polar surface area (TPSA) is 43.9 Å². The molecule has 2 aromatic carbocycles. The number of sulfonamides is 1. The van der Waals surface area contributed by atoms with Gasteiger partial charge in [-0.05, 0) is 36.6 Å². The van der Waals surface area contributed by atoms with E-state index < -0.39 is 10.0 Å². The Hall–Kier alpha value is -2.15. The van der Waals surface area contributed by atoms with Gasteiger partial charge in [-0.25, -0.2) is 8.42 Å². The molecule has 2 aromatic rings.